The van der Waals surface area contributed by atoms with Crippen molar-refractivity contribution in [2.75, 3.05) is 0 Å². The summed E-state index contributed by atoms with van der Waals surface area (Å²) in [4.78, 5) is 12.5. The molecule has 0 aromatic carbocycles. The Morgan fingerprint density at radius 1 is 1.25 bits per heavy atom. The van der Waals surface area contributed by atoms with Gasteiger partial charge in [0.15, 0.2) is 0 Å². The molecule has 4 aliphatic rings. The van der Waals surface area contributed by atoms with Crippen LogP contribution in [0.3, 0.4) is 0 Å². The Bertz CT molecular complexity index is 733. The largest absolute Gasteiger partial charge is 0.349 e. The summed E-state index contributed by atoms with van der Waals surface area (Å²) in [6.07, 6.45) is 7.82. The van der Waals surface area contributed by atoms with Crippen molar-refractivity contribution in [2.24, 2.45) is 28.3 Å². The molecule has 1 heterocycles. The summed E-state index contributed by atoms with van der Waals surface area (Å²) in [5.74, 6) is 2.33. The topological polar surface area (TPSA) is 89.3 Å². The Balaban J connectivity index is 1.49. The smallest absolute Gasteiger partial charge is 0.252 e. The van der Waals surface area contributed by atoms with Crippen molar-refractivity contribution in [1.29, 1.82) is 0 Å². The van der Waals surface area contributed by atoms with E-state index >= 15 is 0 Å². The van der Waals surface area contributed by atoms with E-state index in [1.807, 2.05) is 0 Å². The number of carbonyl (C=O) groups is 1. The maximum atomic E-state index is 12.5. The molecule has 132 valence electrons. The van der Waals surface area contributed by atoms with Crippen LogP contribution in [0.15, 0.2) is 15.7 Å². The van der Waals surface area contributed by atoms with Gasteiger partial charge < -0.3 is 5.32 Å². The van der Waals surface area contributed by atoms with Crippen molar-refractivity contribution < 1.29 is 13.2 Å². The van der Waals surface area contributed by atoms with Gasteiger partial charge in [-0.1, -0.05) is 0 Å². The van der Waals surface area contributed by atoms with Gasteiger partial charge in [-0.2, -0.15) is 0 Å². The second-order valence-electron chi connectivity index (χ2n) is 8.17. The molecule has 5 nitrogen and oxygen atoms in total. The third-order valence-electron chi connectivity index (χ3n) is 6.47. The van der Waals surface area contributed by atoms with Crippen LogP contribution in [-0.4, -0.2) is 20.4 Å². The number of nitrogens with two attached hydrogens (primary N) is 1. The van der Waals surface area contributed by atoms with Crippen molar-refractivity contribution in [3.8, 4) is 0 Å². The van der Waals surface area contributed by atoms with Crippen molar-refractivity contribution in [3.05, 3.63) is 17.0 Å². The molecule has 0 radical (unpaired) electrons. The minimum absolute atomic E-state index is 0.0371. The van der Waals surface area contributed by atoms with Crippen LogP contribution in [-0.2, 0) is 10.0 Å². The Labute approximate surface area is 147 Å². The summed E-state index contributed by atoms with van der Waals surface area (Å²) in [6, 6.07) is 1.50. The number of amides is 1. The third kappa shape index (κ3) is 2.80. The van der Waals surface area contributed by atoms with Crippen molar-refractivity contribution in [3.63, 3.8) is 0 Å². The minimum Gasteiger partial charge on any atom is -0.349 e. The summed E-state index contributed by atoms with van der Waals surface area (Å²) >= 11 is 0.998. The molecule has 4 saturated carbocycles. The van der Waals surface area contributed by atoms with Gasteiger partial charge in [-0.15, -0.1) is 11.3 Å². The fraction of sp³-hybridized carbons (Fsp3) is 0.706. The van der Waals surface area contributed by atoms with Gasteiger partial charge in [0, 0.05) is 11.4 Å². The number of sulfonamides is 1. The van der Waals surface area contributed by atoms with Crippen LogP contribution in [0.2, 0.25) is 0 Å². The highest BCUT2D eigenvalue weighted by Crippen LogP contribution is 2.61. The number of carbonyl (C=O) groups excluding carboxylic acids is 1. The standard InChI is InChI=1S/C17H24N2O3S2/c1-10(17-6-11-2-12(7-17)4-13(3-11)8-17)19-16(20)14-5-15(23-9-14)24(18,21)22/h5,9-13H,2-4,6-8H2,1H3,(H,19,20)(H2,18,21,22). The second-order valence-corrected chi connectivity index (χ2v) is 10.9. The first-order chi connectivity index (χ1) is 11.2. The monoisotopic (exact) mass is 368 g/mol. The highest BCUT2D eigenvalue weighted by molar-refractivity contribution is 7.91. The molecule has 4 bridgehead atoms. The van der Waals surface area contributed by atoms with Gasteiger partial charge in [0.05, 0.1) is 5.56 Å². The van der Waals surface area contributed by atoms with E-state index < -0.39 is 10.0 Å². The first kappa shape index (κ1) is 16.5. The summed E-state index contributed by atoms with van der Waals surface area (Å²) in [6.45, 7) is 2.12. The summed E-state index contributed by atoms with van der Waals surface area (Å²) in [7, 11) is -3.74. The van der Waals surface area contributed by atoms with E-state index in [9.17, 15) is 13.2 Å². The van der Waals surface area contributed by atoms with E-state index in [-0.39, 0.29) is 21.6 Å². The fourth-order valence-electron chi connectivity index (χ4n) is 5.73. The predicted octanol–water partition coefficient (Wildman–Crippen LogP) is 2.73. The number of rotatable bonds is 4. The molecule has 4 aliphatic carbocycles. The second kappa shape index (κ2) is 5.54. The predicted molar refractivity (Wildman–Crippen MR) is 93.2 cm³/mol. The molecule has 1 atom stereocenters. The van der Waals surface area contributed by atoms with Crippen LogP contribution >= 0.6 is 11.3 Å². The Morgan fingerprint density at radius 3 is 2.25 bits per heavy atom. The van der Waals surface area contributed by atoms with Gasteiger partial charge in [-0.05, 0) is 74.7 Å². The van der Waals surface area contributed by atoms with Crippen LogP contribution in [0.4, 0.5) is 0 Å². The number of hydrogen-bond donors (Lipinski definition) is 2. The maximum absolute atomic E-state index is 12.5. The van der Waals surface area contributed by atoms with Gasteiger partial charge in [-0.3, -0.25) is 4.79 Å². The van der Waals surface area contributed by atoms with Crippen molar-refractivity contribution >= 4 is 27.3 Å². The third-order valence-corrected chi connectivity index (χ3v) is 8.86. The lowest BCUT2D eigenvalue weighted by molar-refractivity contribution is -0.0688. The average Bonchev–Trinajstić information content (AvgIpc) is 2.95. The lowest BCUT2D eigenvalue weighted by atomic mass is 9.48. The number of primary sulfonamides is 1. The molecule has 5 rings (SSSR count). The van der Waals surface area contributed by atoms with Gasteiger partial charge in [0.2, 0.25) is 10.0 Å². The fourth-order valence-corrected chi connectivity index (χ4v) is 7.31. The van der Waals surface area contributed by atoms with E-state index in [1.54, 1.807) is 5.38 Å². The normalized spacial score (nSPS) is 35.8. The molecule has 24 heavy (non-hydrogen) atoms. The van der Waals surface area contributed by atoms with Gasteiger partial charge >= 0.3 is 0 Å². The zero-order valence-electron chi connectivity index (χ0n) is 13.8. The molecule has 0 saturated heterocycles. The van der Waals surface area contributed by atoms with Crippen LogP contribution in [0.1, 0.15) is 55.8 Å². The Morgan fingerprint density at radius 2 is 1.79 bits per heavy atom. The van der Waals surface area contributed by atoms with Gasteiger partial charge in [0.25, 0.3) is 5.91 Å². The molecular weight excluding hydrogens is 344 g/mol. The first-order valence-electron chi connectivity index (χ1n) is 8.67. The zero-order valence-corrected chi connectivity index (χ0v) is 15.5. The molecule has 4 fully saturated rings. The van der Waals surface area contributed by atoms with E-state index in [2.05, 4.69) is 12.2 Å². The van der Waals surface area contributed by atoms with Crippen molar-refractivity contribution in [1.82, 2.24) is 5.32 Å². The molecular formula is C17H24N2O3S2. The molecule has 0 spiro atoms. The number of hydrogen-bond acceptors (Lipinski definition) is 4. The van der Waals surface area contributed by atoms with Crippen LogP contribution in [0.5, 0.6) is 0 Å². The highest BCUT2D eigenvalue weighted by Gasteiger charge is 2.53. The van der Waals surface area contributed by atoms with E-state index in [4.69, 9.17) is 5.14 Å². The van der Waals surface area contributed by atoms with Gasteiger partial charge in [-0.25, -0.2) is 13.6 Å². The van der Waals surface area contributed by atoms with E-state index in [0.717, 1.165) is 29.1 Å². The molecule has 1 unspecified atom stereocenters. The van der Waals surface area contributed by atoms with Gasteiger partial charge in [0.1, 0.15) is 4.21 Å². The number of nitrogens with one attached hydrogen (secondary N) is 1. The van der Waals surface area contributed by atoms with Crippen molar-refractivity contribution in [2.45, 2.75) is 55.7 Å². The average molecular weight is 369 g/mol. The highest BCUT2D eigenvalue weighted by atomic mass is 32.2. The SMILES string of the molecule is CC(NC(=O)c1csc(S(N)(=O)=O)c1)C12CC3CC(CC(C3)C1)C2. The lowest BCUT2D eigenvalue weighted by Gasteiger charge is -2.59. The quantitative estimate of drug-likeness (QED) is 0.856. The van der Waals surface area contributed by atoms with E-state index in [0.29, 0.717) is 5.56 Å². The first-order valence-corrected chi connectivity index (χ1v) is 11.1. The van der Waals surface area contributed by atoms with Crippen LogP contribution < -0.4 is 10.5 Å². The molecule has 3 N–H and O–H groups in total. The zero-order chi connectivity index (χ0) is 17.1. The summed E-state index contributed by atoms with van der Waals surface area (Å²) in [5, 5.41) is 9.85. The molecule has 1 aromatic heterocycles. The minimum atomic E-state index is -3.74. The van der Waals surface area contributed by atoms with E-state index in [1.165, 1.54) is 44.6 Å². The molecule has 0 aliphatic heterocycles. The summed E-state index contributed by atoms with van der Waals surface area (Å²) in [5.41, 5.74) is 0.629. The Hall–Kier alpha value is -0.920. The molecule has 1 aromatic rings. The molecule has 1 amide bonds. The summed E-state index contributed by atoms with van der Waals surface area (Å²) < 4.78 is 22.8. The lowest BCUT2D eigenvalue weighted by Crippen LogP contribution is -2.55. The Kier molecular flexibility index (Phi) is 3.82. The maximum Gasteiger partial charge on any atom is 0.252 e. The number of thiophene rings is 1. The van der Waals surface area contributed by atoms with Crippen LogP contribution in [0, 0.1) is 23.2 Å². The molecule has 7 heteroatoms. The van der Waals surface area contributed by atoms with Crippen LogP contribution in [0.25, 0.3) is 0 Å².